The predicted molar refractivity (Wildman–Crippen MR) is 82.7 cm³/mol. The van der Waals surface area contributed by atoms with Crippen molar-refractivity contribution in [1.82, 2.24) is 14.7 Å². The Morgan fingerprint density at radius 1 is 1.19 bits per heavy atom. The molecule has 1 aliphatic heterocycles. The molecule has 1 aromatic carbocycles. The van der Waals surface area contributed by atoms with E-state index in [0.29, 0.717) is 0 Å². The van der Waals surface area contributed by atoms with Crippen molar-refractivity contribution in [3.63, 3.8) is 0 Å². The highest BCUT2D eigenvalue weighted by molar-refractivity contribution is 5.22. The summed E-state index contributed by atoms with van der Waals surface area (Å²) >= 11 is 0. The van der Waals surface area contributed by atoms with E-state index in [1.807, 2.05) is 30.1 Å². The molecule has 4 nitrogen and oxygen atoms in total. The van der Waals surface area contributed by atoms with Gasteiger partial charge in [0.2, 0.25) is 0 Å². The molecular formula is C17H23N3O. The fourth-order valence-corrected chi connectivity index (χ4v) is 3.14. The molecule has 1 aliphatic rings. The lowest BCUT2D eigenvalue weighted by Gasteiger charge is -2.16. The number of hydrogen-bond donors (Lipinski definition) is 1. The summed E-state index contributed by atoms with van der Waals surface area (Å²) in [6.07, 6.45) is 6.50. The number of aliphatic hydroxyl groups excluding tert-OH is 1. The van der Waals surface area contributed by atoms with Gasteiger partial charge in [-0.05, 0) is 42.0 Å². The summed E-state index contributed by atoms with van der Waals surface area (Å²) in [5.41, 5.74) is 3.65. The molecule has 1 aromatic heterocycles. The number of likely N-dealkylation sites (tertiary alicyclic amines) is 1. The van der Waals surface area contributed by atoms with Crippen LogP contribution in [0.1, 0.15) is 23.1 Å². The van der Waals surface area contributed by atoms with E-state index >= 15 is 0 Å². The number of aliphatic hydroxyl groups is 1. The van der Waals surface area contributed by atoms with E-state index in [2.05, 4.69) is 28.3 Å². The molecule has 0 bridgehead atoms. The van der Waals surface area contributed by atoms with Crippen LogP contribution in [-0.2, 0) is 26.6 Å². The van der Waals surface area contributed by atoms with Gasteiger partial charge in [-0.25, -0.2) is 0 Å². The van der Waals surface area contributed by atoms with Crippen molar-refractivity contribution in [3.05, 3.63) is 53.3 Å². The van der Waals surface area contributed by atoms with Crippen LogP contribution in [0.25, 0.3) is 0 Å². The number of aryl methyl sites for hydroxylation is 1. The van der Waals surface area contributed by atoms with Crippen molar-refractivity contribution in [3.8, 4) is 0 Å². The van der Waals surface area contributed by atoms with Crippen LogP contribution in [0.2, 0.25) is 0 Å². The first-order chi connectivity index (χ1) is 10.2. The van der Waals surface area contributed by atoms with Gasteiger partial charge in [0.15, 0.2) is 0 Å². The third kappa shape index (κ3) is 3.71. The van der Waals surface area contributed by atoms with Gasteiger partial charge in [0.25, 0.3) is 0 Å². The molecule has 1 atom stereocenters. The molecule has 112 valence electrons. The van der Waals surface area contributed by atoms with E-state index < -0.39 is 0 Å². The van der Waals surface area contributed by atoms with Gasteiger partial charge in [-0.2, -0.15) is 5.10 Å². The van der Waals surface area contributed by atoms with Crippen LogP contribution >= 0.6 is 0 Å². The van der Waals surface area contributed by atoms with Crippen LogP contribution < -0.4 is 0 Å². The predicted octanol–water partition coefficient (Wildman–Crippen LogP) is 1.98. The summed E-state index contributed by atoms with van der Waals surface area (Å²) in [7, 11) is 1.97. The minimum Gasteiger partial charge on any atom is -0.392 e. The summed E-state index contributed by atoms with van der Waals surface area (Å²) in [6, 6.07) is 8.27. The third-order valence-corrected chi connectivity index (χ3v) is 4.26. The Labute approximate surface area is 126 Å². The summed E-state index contributed by atoms with van der Waals surface area (Å²) in [5.74, 6) is 0.742. The zero-order chi connectivity index (χ0) is 14.7. The average molecular weight is 285 g/mol. The second-order valence-corrected chi connectivity index (χ2v) is 6.09. The van der Waals surface area contributed by atoms with Gasteiger partial charge < -0.3 is 5.11 Å². The summed E-state index contributed by atoms with van der Waals surface area (Å²) in [6.45, 7) is 3.47. The molecule has 21 heavy (non-hydrogen) atoms. The summed E-state index contributed by atoms with van der Waals surface area (Å²) in [4.78, 5) is 2.52. The smallest absolute Gasteiger partial charge is 0.0681 e. The van der Waals surface area contributed by atoms with Crippen LogP contribution in [-0.4, -0.2) is 32.9 Å². The van der Waals surface area contributed by atoms with Gasteiger partial charge in [0, 0.05) is 26.3 Å². The molecule has 4 heteroatoms. The van der Waals surface area contributed by atoms with Crippen molar-refractivity contribution in [2.24, 2.45) is 13.0 Å². The fraction of sp³-hybridized carbons (Fsp3) is 0.471. The molecular weight excluding hydrogens is 262 g/mol. The van der Waals surface area contributed by atoms with E-state index in [-0.39, 0.29) is 6.61 Å². The molecule has 0 aliphatic carbocycles. The molecule has 1 fully saturated rings. The Morgan fingerprint density at radius 3 is 2.62 bits per heavy atom. The standard InChI is InChI=1S/C17H23N3O/c1-19-10-17(9-18-19)8-16-6-7-20(12-16)11-14-2-4-15(13-21)5-3-14/h2-5,9-10,16,21H,6-8,11-13H2,1H3. The molecule has 2 aromatic rings. The monoisotopic (exact) mass is 285 g/mol. The quantitative estimate of drug-likeness (QED) is 0.913. The first kappa shape index (κ1) is 14.3. The normalized spacial score (nSPS) is 19.2. The van der Waals surface area contributed by atoms with Gasteiger partial charge in [0.1, 0.15) is 0 Å². The van der Waals surface area contributed by atoms with Crippen LogP contribution in [0.4, 0.5) is 0 Å². The van der Waals surface area contributed by atoms with Crippen molar-refractivity contribution in [1.29, 1.82) is 0 Å². The third-order valence-electron chi connectivity index (χ3n) is 4.26. The first-order valence-corrected chi connectivity index (χ1v) is 7.61. The first-order valence-electron chi connectivity index (χ1n) is 7.61. The van der Waals surface area contributed by atoms with Gasteiger partial charge >= 0.3 is 0 Å². The molecule has 2 heterocycles. The molecule has 3 rings (SSSR count). The molecule has 1 unspecified atom stereocenters. The second kappa shape index (κ2) is 6.41. The van der Waals surface area contributed by atoms with Crippen LogP contribution in [0.5, 0.6) is 0 Å². The van der Waals surface area contributed by atoms with E-state index in [9.17, 15) is 0 Å². The van der Waals surface area contributed by atoms with Crippen LogP contribution in [0.15, 0.2) is 36.7 Å². The molecule has 0 spiro atoms. The maximum atomic E-state index is 9.07. The van der Waals surface area contributed by atoms with Crippen molar-refractivity contribution >= 4 is 0 Å². The van der Waals surface area contributed by atoms with Crippen LogP contribution in [0, 0.1) is 5.92 Å². The number of nitrogens with zero attached hydrogens (tertiary/aromatic N) is 3. The SMILES string of the molecule is Cn1cc(CC2CCN(Cc3ccc(CO)cc3)C2)cn1. The lowest BCUT2D eigenvalue weighted by Crippen LogP contribution is -2.20. The Kier molecular flexibility index (Phi) is 4.36. The van der Waals surface area contributed by atoms with Gasteiger partial charge in [-0.3, -0.25) is 9.58 Å². The summed E-state index contributed by atoms with van der Waals surface area (Å²) in [5, 5.41) is 13.3. The Hall–Kier alpha value is -1.65. The van der Waals surface area contributed by atoms with Crippen molar-refractivity contribution < 1.29 is 5.11 Å². The highest BCUT2D eigenvalue weighted by Crippen LogP contribution is 2.22. The Morgan fingerprint density at radius 2 is 1.95 bits per heavy atom. The fourth-order valence-electron chi connectivity index (χ4n) is 3.14. The highest BCUT2D eigenvalue weighted by atomic mass is 16.3. The van der Waals surface area contributed by atoms with E-state index in [1.54, 1.807) is 0 Å². The summed E-state index contributed by atoms with van der Waals surface area (Å²) < 4.78 is 1.88. The maximum absolute atomic E-state index is 9.07. The zero-order valence-electron chi connectivity index (χ0n) is 12.6. The maximum Gasteiger partial charge on any atom is 0.0681 e. The highest BCUT2D eigenvalue weighted by Gasteiger charge is 2.22. The van der Waals surface area contributed by atoms with E-state index in [1.165, 1.54) is 24.1 Å². The second-order valence-electron chi connectivity index (χ2n) is 6.09. The average Bonchev–Trinajstić information content (AvgIpc) is 3.09. The number of benzene rings is 1. The van der Waals surface area contributed by atoms with Crippen molar-refractivity contribution in [2.45, 2.75) is 26.0 Å². The molecule has 0 radical (unpaired) electrons. The molecule has 1 saturated heterocycles. The topological polar surface area (TPSA) is 41.3 Å². The lowest BCUT2D eigenvalue weighted by molar-refractivity contribution is 0.281. The van der Waals surface area contributed by atoms with Gasteiger partial charge in [0.05, 0.1) is 12.8 Å². The van der Waals surface area contributed by atoms with Crippen LogP contribution in [0.3, 0.4) is 0 Å². The number of rotatable bonds is 5. The van der Waals surface area contributed by atoms with E-state index in [4.69, 9.17) is 5.11 Å². The molecule has 0 amide bonds. The zero-order valence-corrected chi connectivity index (χ0v) is 12.6. The molecule has 0 saturated carbocycles. The van der Waals surface area contributed by atoms with Crippen molar-refractivity contribution in [2.75, 3.05) is 13.1 Å². The number of aromatic nitrogens is 2. The number of hydrogen-bond acceptors (Lipinski definition) is 3. The Balaban J connectivity index is 1.52. The minimum absolute atomic E-state index is 0.122. The largest absolute Gasteiger partial charge is 0.392 e. The Bertz CT molecular complexity index is 576. The van der Waals surface area contributed by atoms with Gasteiger partial charge in [-0.1, -0.05) is 24.3 Å². The van der Waals surface area contributed by atoms with Gasteiger partial charge in [-0.15, -0.1) is 0 Å². The molecule has 1 N–H and O–H groups in total. The lowest BCUT2D eigenvalue weighted by atomic mass is 10.0. The van der Waals surface area contributed by atoms with E-state index in [0.717, 1.165) is 31.0 Å². The minimum atomic E-state index is 0.122.